The van der Waals surface area contributed by atoms with Gasteiger partial charge >= 0.3 is 24.3 Å². The maximum absolute atomic E-state index is 13.5. The van der Waals surface area contributed by atoms with Crippen molar-refractivity contribution in [3.63, 3.8) is 0 Å². The molecule has 1 aliphatic rings. The molecule has 6 aromatic rings. The molecule has 7 rings (SSSR count). The quantitative estimate of drug-likeness (QED) is 0.0706. The van der Waals surface area contributed by atoms with Crippen molar-refractivity contribution < 1.29 is 65.3 Å². The van der Waals surface area contributed by atoms with Crippen LogP contribution in [0.1, 0.15) is 52.9 Å². The lowest BCUT2D eigenvalue weighted by atomic mass is 10.1. The number of aromatic nitrogens is 3. The number of aliphatic carboxylic acids is 2. The Labute approximate surface area is 388 Å². The van der Waals surface area contributed by atoms with Gasteiger partial charge in [0.05, 0.1) is 24.4 Å². The van der Waals surface area contributed by atoms with Crippen LogP contribution >= 0.6 is 11.3 Å². The number of hydrogen-bond acceptors (Lipinski definition) is 10. The average molecular weight is 968 g/mol. The van der Waals surface area contributed by atoms with Gasteiger partial charge in [-0.1, -0.05) is 72.8 Å². The van der Waals surface area contributed by atoms with E-state index >= 15 is 0 Å². The number of amides is 3. The first-order chi connectivity index (χ1) is 32.3. The van der Waals surface area contributed by atoms with Gasteiger partial charge < -0.3 is 30.2 Å². The lowest BCUT2D eigenvalue weighted by molar-refractivity contribution is -0.193. The summed E-state index contributed by atoms with van der Waals surface area (Å²) in [4.78, 5) is 69.9. The van der Waals surface area contributed by atoms with Crippen LogP contribution < -0.4 is 16.0 Å². The van der Waals surface area contributed by atoms with Gasteiger partial charge in [-0.25, -0.2) is 14.6 Å². The van der Waals surface area contributed by atoms with Crippen molar-refractivity contribution in [2.75, 3.05) is 50.0 Å². The summed E-state index contributed by atoms with van der Waals surface area (Å²) >= 11 is 1.30. The van der Waals surface area contributed by atoms with Gasteiger partial charge in [-0.15, -0.1) is 11.3 Å². The van der Waals surface area contributed by atoms with Crippen LogP contribution in [0.2, 0.25) is 0 Å². The van der Waals surface area contributed by atoms with Crippen LogP contribution in [0.15, 0.2) is 103 Å². The SMILES string of the molecule is Cn1cc(NC(=O)c2ccc(/C=C/c3cnc4ccccc4c3)cc2)cc1C(=O)Nc1nc(C(=O)NCCN2CCOCC2)c(CCc2ccccc2)s1.O=C(O)C(F)(F)F.O=C(O)C(F)(F)F. The molecular formula is C46H43F6N7O8S. The Bertz CT molecular complexity index is 2690. The number of carbonyl (C=O) groups excluding carboxylic acids is 3. The zero-order valence-electron chi connectivity index (χ0n) is 35.9. The smallest absolute Gasteiger partial charge is 0.475 e. The highest BCUT2D eigenvalue weighted by Crippen LogP contribution is 2.27. The van der Waals surface area contributed by atoms with Gasteiger partial charge in [0.15, 0.2) is 5.13 Å². The predicted molar refractivity (Wildman–Crippen MR) is 241 cm³/mol. The van der Waals surface area contributed by atoms with E-state index < -0.39 is 30.2 Å². The Morgan fingerprint density at radius 3 is 2.03 bits per heavy atom. The second-order valence-corrected chi connectivity index (χ2v) is 15.7. The molecule has 0 saturated carbocycles. The molecule has 0 unspecified atom stereocenters. The second-order valence-electron chi connectivity index (χ2n) is 14.6. The third kappa shape index (κ3) is 15.9. The van der Waals surface area contributed by atoms with Crippen molar-refractivity contribution in [1.82, 2.24) is 24.8 Å². The molecule has 3 amide bonds. The van der Waals surface area contributed by atoms with Gasteiger partial charge in [0, 0.05) is 61.4 Å². The Morgan fingerprint density at radius 2 is 1.38 bits per heavy atom. The van der Waals surface area contributed by atoms with Crippen molar-refractivity contribution in [2.24, 2.45) is 7.05 Å². The summed E-state index contributed by atoms with van der Waals surface area (Å²) in [5.74, 6) is -6.48. The third-order valence-electron chi connectivity index (χ3n) is 9.67. The molecule has 0 radical (unpaired) electrons. The zero-order valence-corrected chi connectivity index (χ0v) is 36.8. The van der Waals surface area contributed by atoms with Crippen molar-refractivity contribution in [3.05, 3.63) is 142 Å². The number of alkyl halides is 6. The highest BCUT2D eigenvalue weighted by Gasteiger charge is 2.39. The molecule has 358 valence electrons. The fourth-order valence-electron chi connectivity index (χ4n) is 6.23. The van der Waals surface area contributed by atoms with Gasteiger partial charge in [-0.3, -0.25) is 29.6 Å². The fourth-order valence-corrected chi connectivity index (χ4v) is 7.18. The van der Waals surface area contributed by atoms with Crippen LogP contribution in [0.5, 0.6) is 0 Å². The molecule has 3 aromatic carbocycles. The van der Waals surface area contributed by atoms with Crippen LogP contribution in [0, 0.1) is 0 Å². The van der Waals surface area contributed by atoms with Crippen molar-refractivity contribution in [2.45, 2.75) is 25.2 Å². The highest BCUT2D eigenvalue weighted by atomic mass is 32.1. The van der Waals surface area contributed by atoms with E-state index in [9.17, 15) is 40.7 Å². The number of ether oxygens (including phenoxy) is 1. The van der Waals surface area contributed by atoms with Crippen LogP contribution in [-0.4, -0.2) is 111 Å². The number of fused-ring (bicyclic) bond motifs is 1. The van der Waals surface area contributed by atoms with E-state index in [1.165, 1.54) is 11.3 Å². The first kappa shape index (κ1) is 51.6. The number of rotatable bonds is 13. The first-order valence-corrected chi connectivity index (χ1v) is 21.2. The molecule has 22 heteroatoms. The van der Waals surface area contributed by atoms with Gasteiger partial charge in [0.25, 0.3) is 17.7 Å². The minimum Gasteiger partial charge on any atom is -0.475 e. The normalized spacial score (nSPS) is 12.9. The van der Waals surface area contributed by atoms with Crippen LogP contribution in [0.3, 0.4) is 0 Å². The summed E-state index contributed by atoms with van der Waals surface area (Å²) in [6.45, 7) is 4.28. The standard InChI is InChI=1S/C42H41N7O4S.2C2HF3O2/c1-48-28-34(45-39(50)32-16-13-30(14-17-32)11-12-31-25-33-9-5-6-10-35(33)44-27-31)26-36(48)40(51)47-42-46-38(37(54-42)18-15-29-7-3-2-4-8-29)41(52)43-19-20-49-21-23-53-24-22-49;2*3-2(4,5)1(6)7/h2-14,16-17,25-28H,15,18-24H2,1H3,(H,43,52)(H,45,50)(H,46,47,51);2*(H,6,7)/b12-11+;;. The summed E-state index contributed by atoms with van der Waals surface area (Å²) < 4.78 is 70.5. The number of morpholine rings is 1. The molecule has 1 aliphatic heterocycles. The number of anilines is 2. The number of thiazole rings is 1. The Kier molecular flexibility index (Phi) is 18.1. The number of carboxylic acids is 2. The van der Waals surface area contributed by atoms with Crippen molar-refractivity contribution in [3.8, 4) is 0 Å². The minimum atomic E-state index is -5.08. The first-order valence-electron chi connectivity index (χ1n) is 20.4. The number of carbonyl (C=O) groups is 5. The van der Waals surface area contributed by atoms with E-state index in [1.807, 2.05) is 72.9 Å². The number of hydrogen-bond donors (Lipinski definition) is 5. The second kappa shape index (κ2) is 23.8. The molecule has 0 spiro atoms. The summed E-state index contributed by atoms with van der Waals surface area (Å²) in [7, 11) is 1.73. The molecule has 4 heterocycles. The lowest BCUT2D eigenvalue weighted by Crippen LogP contribution is -2.41. The van der Waals surface area contributed by atoms with E-state index in [0.717, 1.165) is 58.5 Å². The molecule has 1 saturated heterocycles. The maximum Gasteiger partial charge on any atom is 0.490 e. The molecule has 1 fully saturated rings. The molecule has 15 nitrogen and oxygen atoms in total. The molecule has 3 aromatic heterocycles. The predicted octanol–water partition coefficient (Wildman–Crippen LogP) is 7.82. The molecule has 5 N–H and O–H groups in total. The van der Waals surface area contributed by atoms with Crippen LogP contribution in [0.25, 0.3) is 23.1 Å². The van der Waals surface area contributed by atoms with E-state index in [1.54, 1.807) is 36.0 Å². The summed E-state index contributed by atoms with van der Waals surface area (Å²) in [5, 5.41) is 24.4. The topological polar surface area (TPSA) is 205 Å². The fraction of sp³-hybridized carbons (Fsp3) is 0.239. The largest absolute Gasteiger partial charge is 0.490 e. The molecule has 0 aliphatic carbocycles. The third-order valence-corrected chi connectivity index (χ3v) is 10.7. The highest BCUT2D eigenvalue weighted by molar-refractivity contribution is 7.16. The molecule has 68 heavy (non-hydrogen) atoms. The van der Waals surface area contributed by atoms with Crippen LogP contribution in [0.4, 0.5) is 37.2 Å². The van der Waals surface area contributed by atoms with E-state index in [-0.39, 0.29) is 11.8 Å². The van der Waals surface area contributed by atoms with E-state index in [0.29, 0.717) is 53.9 Å². The number of halogens is 6. The van der Waals surface area contributed by atoms with Gasteiger partial charge in [0.2, 0.25) is 0 Å². The summed E-state index contributed by atoms with van der Waals surface area (Å²) in [6, 6.07) is 29.0. The van der Waals surface area contributed by atoms with E-state index in [4.69, 9.17) is 24.5 Å². The monoisotopic (exact) mass is 967 g/mol. The van der Waals surface area contributed by atoms with Crippen molar-refractivity contribution >= 4 is 74.9 Å². The zero-order chi connectivity index (χ0) is 49.4. The molecular weight excluding hydrogens is 925 g/mol. The number of para-hydroxylation sites is 1. The Hall–Kier alpha value is -7.43. The average Bonchev–Trinajstić information content (AvgIpc) is 3.90. The molecule has 0 bridgehead atoms. The Balaban J connectivity index is 0.000000538. The number of pyridine rings is 1. The van der Waals surface area contributed by atoms with Gasteiger partial charge in [-0.2, -0.15) is 26.3 Å². The molecule has 0 atom stereocenters. The van der Waals surface area contributed by atoms with E-state index in [2.05, 4.69) is 49.0 Å². The number of nitrogens with zero attached hydrogens (tertiary/aromatic N) is 4. The van der Waals surface area contributed by atoms with Gasteiger partial charge in [0.1, 0.15) is 11.4 Å². The number of aryl methyl sites for hydroxylation is 3. The summed E-state index contributed by atoms with van der Waals surface area (Å²) in [6.07, 6.45) is -1.35. The Morgan fingerprint density at radius 1 is 0.765 bits per heavy atom. The maximum atomic E-state index is 13.5. The number of benzene rings is 3. The van der Waals surface area contributed by atoms with Crippen LogP contribution in [-0.2, 0) is 34.2 Å². The number of carboxylic acid groups (broad SMARTS) is 2. The van der Waals surface area contributed by atoms with Gasteiger partial charge in [-0.05, 0) is 59.9 Å². The van der Waals surface area contributed by atoms with Crippen molar-refractivity contribution in [1.29, 1.82) is 0 Å². The summed E-state index contributed by atoms with van der Waals surface area (Å²) in [5.41, 5.74) is 5.63. The number of nitrogens with one attached hydrogen (secondary N) is 3. The minimum absolute atomic E-state index is 0.266. The lowest BCUT2D eigenvalue weighted by Gasteiger charge is -2.26.